The van der Waals surface area contributed by atoms with Gasteiger partial charge in [-0.05, 0) is 24.8 Å². The molecule has 0 spiro atoms. The molecular formula is C13H19NO. The van der Waals surface area contributed by atoms with Crippen LogP contribution in [0.1, 0.15) is 37.8 Å². The van der Waals surface area contributed by atoms with Crippen LogP contribution in [0.2, 0.25) is 0 Å². The van der Waals surface area contributed by atoms with Gasteiger partial charge in [-0.1, -0.05) is 37.3 Å². The van der Waals surface area contributed by atoms with Crippen LogP contribution >= 0.6 is 0 Å². The molecule has 0 amide bonds. The minimum atomic E-state index is -0.151. The van der Waals surface area contributed by atoms with Crippen LogP contribution < -0.4 is 5.32 Å². The molecule has 0 bridgehead atoms. The van der Waals surface area contributed by atoms with Crippen molar-refractivity contribution in [1.29, 1.82) is 0 Å². The molecule has 1 aromatic carbocycles. The number of piperidine rings is 1. The van der Waals surface area contributed by atoms with Gasteiger partial charge in [-0.3, -0.25) is 0 Å². The Labute approximate surface area is 91.3 Å². The first-order chi connectivity index (χ1) is 7.29. The minimum absolute atomic E-state index is 0.151. The lowest BCUT2D eigenvalue weighted by Gasteiger charge is -2.34. The molecule has 2 N–H and O–H groups in total. The van der Waals surface area contributed by atoms with Crippen molar-refractivity contribution in [2.45, 2.75) is 44.4 Å². The van der Waals surface area contributed by atoms with E-state index in [1.165, 1.54) is 5.56 Å². The van der Waals surface area contributed by atoms with E-state index in [0.717, 1.165) is 19.3 Å². The van der Waals surface area contributed by atoms with E-state index in [2.05, 4.69) is 36.5 Å². The van der Waals surface area contributed by atoms with Crippen molar-refractivity contribution in [3.05, 3.63) is 35.9 Å². The number of benzene rings is 1. The summed E-state index contributed by atoms with van der Waals surface area (Å²) in [5.74, 6) is 0. The molecular weight excluding hydrogens is 186 g/mol. The largest absolute Gasteiger partial charge is 0.393 e. The Morgan fingerprint density at radius 1 is 1.27 bits per heavy atom. The van der Waals surface area contributed by atoms with Crippen molar-refractivity contribution in [3.8, 4) is 0 Å². The Bertz CT molecular complexity index is 299. The Morgan fingerprint density at radius 2 is 2.00 bits per heavy atom. The second-order valence-corrected chi connectivity index (χ2v) is 4.36. The highest BCUT2D eigenvalue weighted by atomic mass is 16.3. The van der Waals surface area contributed by atoms with Crippen molar-refractivity contribution >= 4 is 0 Å². The predicted octanol–water partition coefficient (Wildman–Crippen LogP) is 2.25. The average Bonchev–Trinajstić information content (AvgIpc) is 2.29. The van der Waals surface area contributed by atoms with E-state index >= 15 is 0 Å². The normalized spacial score (nSPS) is 31.5. The third-order valence-corrected chi connectivity index (χ3v) is 3.20. The number of aliphatic hydroxyl groups excluding tert-OH is 1. The molecule has 1 aliphatic heterocycles. The molecule has 0 aromatic heterocycles. The maximum Gasteiger partial charge on any atom is 0.0573 e. The van der Waals surface area contributed by atoms with Gasteiger partial charge < -0.3 is 10.4 Å². The van der Waals surface area contributed by atoms with Gasteiger partial charge in [0.25, 0.3) is 0 Å². The summed E-state index contributed by atoms with van der Waals surface area (Å²) in [6, 6.07) is 11.2. The van der Waals surface area contributed by atoms with Crippen LogP contribution in [0.25, 0.3) is 0 Å². The lowest BCUT2D eigenvalue weighted by atomic mass is 9.90. The topological polar surface area (TPSA) is 32.3 Å². The van der Waals surface area contributed by atoms with Crippen LogP contribution in [-0.2, 0) is 0 Å². The van der Waals surface area contributed by atoms with Gasteiger partial charge in [-0.2, -0.15) is 0 Å². The van der Waals surface area contributed by atoms with Crippen LogP contribution in [0.3, 0.4) is 0 Å². The fourth-order valence-electron chi connectivity index (χ4n) is 2.32. The molecule has 3 unspecified atom stereocenters. The van der Waals surface area contributed by atoms with Crippen molar-refractivity contribution < 1.29 is 5.11 Å². The van der Waals surface area contributed by atoms with Crippen molar-refractivity contribution in [2.24, 2.45) is 0 Å². The summed E-state index contributed by atoms with van der Waals surface area (Å²) in [6.45, 7) is 2.16. The molecule has 2 heteroatoms. The molecule has 0 saturated carbocycles. The number of hydrogen-bond donors (Lipinski definition) is 2. The highest BCUT2D eigenvalue weighted by Gasteiger charge is 2.26. The lowest BCUT2D eigenvalue weighted by molar-refractivity contribution is 0.0924. The molecule has 2 nitrogen and oxygen atoms in total. The van der Waals surface area contributed by atoms with Crippen LogP contribution in [0.4, 0.5) is 0 Å². The van der Waals surface area contributed by atoms with E-state index in [9.17, 15) is 5.11 Å². The van der Waals surface area contributed by atoms with Crippen LogP contribution in [-0.4, -0.2) is 17.3 Å². The van der Waals surface area contributed by atoms with Gasteiger partial charge >= 0.3 is 0 Å². The predicted molar refractivity (Wildman–Crippen MR) is 61.6 cm³/mol. The first kappa shape index (κ1) is 10.7. The quantitative estimate of drug-likeness (QED) is 0.776. The van der Waals surface area contributed by atoms with Crippen molar-refractivity contribution in [2.75, 3.05) is 0 Å². The van der Waals surface area contributed by atoms with E-state index in [4.69, 9.17) is 0 Å². The third-order valence-electron chi connectivity index (χ3n) is 3.20. The van der Waals surface area contributed by atoms with E-state index < -0.39 is 0 Å². The Hall–Kier alpha value is -0.860. The zero-order valence-electron chi connectivity index (χ0n) is 9.19. The molecule has 1 heterocycles. The molecule has 1 aliphatic rings. The molecule has 3 atom stereocenters. The van der Waals surface area contributed by atoms with E-state index in [1.54, 1.807) is 0 Å². The van der Waals surface area contributed by atoms with Gasteiger partial charge in [0.1, 0.15) is 0 Å². The molecule has 1 fully saturated rings. The van der Waals surface area contributed by atoms with Crippen LogP contribution in [0, 0.1) is 0 Å². The van der Waals surface area contributed by atoms with E-state index in [-0.39, 0.29) is 6.10 Å². The lowest BCUT2D eigenvalue weighted by Crippen LogP contribution is -2.42. The summed E-state index contributed by atoms with van der Waals surface area (Å²) < 4.78 is 0. The van der Waals surface area contributed by atoms with Gasteiger partial charge in [0.15, 0.2) is 0 Å². The van der Waals surface area contributed by atoms with Gasteiger partial charge in [0.2, 0.25) is 0 Å². The minimum Gasteiger partial charge on any atom is -0.393 e. The molecule has 1 aromatic rings. The first-order valence-electron chi connectivity index (χ1n) is 5.78. The zero-order valence-corrected chi connectivity index (χ0v) is 9.19. The van der Waals surface area contributed by atoms with Gasteiger partial charge in [-0.15, -0.1) is 0 Å². The summed E-state index contributed by atoms with van der Waals surface area (Å²) in [5, 5.41) is 13.4. The fraction of sp³-hybridized carbons (Fsp3) is 0.538. The Kier molecular flexibility index (Phi) is 3.39. The molecule has 0 radical (unpaired) electrons. The second-order valence-electron chi connectivity index (χ2n) is 4.36. The number of hydrogen-bond acceptors (Lipinski definition) is 2. The second kappa shape index (κ2) is 4.77. The summed E-state index contributed by atoms with van der Waals surface area (Å²) >= 11 is 0. The highest BCUT2D eigenvalue weighted by molar-refractivity contribution is 5.19. The zero-order chi connectivity index (χ0) is 10.7. The molecule has 0 aliphatic carbocycles. The number of aliphatic hydroxyl groups is 1. The first-order valence-corrected chi connectivity index (χ1v) is 5.78. The fourth-order valence-corrected chi connectivity index (χ4v) is 2.32. The Balaban J connectivity index is 2.09. The smallest absolute Gasteiger partial charge is 0.0573 e. The summed E-state index contributed by atoms with van der Waals surface area (Å²) in [5.41, 5.74) is 1.29. The van der Waals surface area contributed by atoms with E-state index in [0.29, 0.717) is 12.1 Å². The van der Waals surface area contributed by atoms with Gasteiger partial charge in [0.05, 0.1) is 6.10 Å². The van der Waals surface area contributed by atoms with Gasteiger partial charge in [0, 0.05) is 12.1 Å². The Morgan fingerprint density at radius 3 is 2.67 bits per heavy atom. The maximum absolute atomic E-state index is 9.80. The average molecular weight is 205 g/mol. The molecule has 1 saturated heterocycles. The molecule has 82 valence electrons. The van der Waals surface area contributed by atoms with Gasteiger partial charge in [-0.25, -0.2) is 0 Å². The summed E-state index contributed by atoms with van der Waals surface area (Å²) in [7, 11) is 0. The van der Waals surface area contributed by atoms with Crippen molar-refractivity contribution in [3.63, 3.8) is 0 Å². The summed E-state index contributed by atoms with van der Waals surface area (Å²) in [6.07, 6.45) is 2.65. The van der Waals surface area contributed by atoms with Crippen molar-refractivity contribution in [1.82, 2.24) is 5.32 Å². The van der Waals surface area contributed by atoms with Crippen LogP contribution in [0.15, 0.2) is 30.3 Å². The van der Waals surface area contributed by atoms with Crippen LogP contribution in [0.5, 0.6) is 0 Å². The standard InChI is InChI=1S/C13H19NO/c1-2-11-8-12(15)9-13(14-11)10-6-4-3-5-7-10/h3-7,11-15H,2,8-9H2,1H3. The number of rotatable bonds is 2. The third kappa shape index (κ3) is 2.58. The van der Waals surface area contributed by atoms with E-state index in [1.807, 2.05) is 6.07 Å². The number of nitrogens with one attached hydrogen (secondary N) is 1. The molecule has 2 rings (SSSR count). The SMILES string of the molecule is CCC1CC(O)CC(c2ccccc2)N1. The molecule has 15 heavy (non-hydrogen) atoms. The monoisotopic (exact) mass is 205 g/mol. The maximum atomic E-state index is 9.80. The highest BCUT2D eigenvalue weighted by Crippen LogP contribution is 2.26. The summed E-state index contributed by atoms with van der Waals surface area (Å²) in [4.78, 5) is 0.